The zero-order valence-electron chi connectivity index (χ0n) is 11.2. The van der Waals surface area contributed by atoms with E-state index in [1.807, 2.05) is 38.2 Å². The second kappa shape index (κ2) is 5.57. The van der Waals surface area contributed by atoms with E-state index in [-0.39, 0.29) is 5.91 Å². The lowest BCUT2D eigenvalue weighted by Gasteiger charge is -2.08. The SMILES string of the molecule is CCc1ccccc1NC(=O)c1nn(C)c(C)c1Br. The minimum atomic E-state index is -0.198. The Bertz CT molecular complexity index is 619. The molecule has 5 heteroatoms. The Morgan fingerprint density at radius 3 is 2.68 bits per heavy atom. The molecular formula is C14H16BrN3O. The minimum Gasteiger partial charge on any atom is -0.320 e. The largest absolute Gasteiger partial charge is 0.320 e. The molecule has 1 amide bonds. The van der Waals surface area contributed by atoms with Gasteiger partial charge in [0.1, 0.15) is 0 Å². The highest BCUT2D eigenvalue weighted by Gasteiger charge is 2.18. The number of benzene rings is 1. The van der Waals surface area contributed by atoms with Gasteiger partial charge in [-0.05, 0) is 40.9 Å². The number of aryl methyl sites for hydroxylation is 2. The zero-order chi connectivity index (χ0) is 14.0. The van der Waals surface area contributed by atoms with Gasteiger partial charge in [0.05, 0.1) is 10.2 Å². The van der Waals surface area contributed by atoms with Crippen LogP contribution >= 0.6 is 15.9 Å². The Morgan fingerprint density at radius 1 is 1.42 bits per heavy atom. The predicted molar refractivity (Wildman–Crippen MR) is 79.4 cm³/mol. The maximum atomic E-state index is 12.3. The summed E-state index contributed by atoms with van der Waals surface area (Å²) in [4.78, 5) is 12.3. The van der Waals surface area contributed by atoms with Crippen molar-refractivity contribution >= 4 is 27.5 Å². The van der Waals surface area contributed by atoms with Crippen LogP contribution in [0.3, 0.4) is 0 Å². The van der Waals surface area contributed by atoms with E-state index in [2.05, 4.69) is 33.3 Å². The van der Waals surface area contributed by atoms with Crippen molar-refractivity contribution in [3.8, 4) is 0 Å². The molecule has 0 saturated heterocycles. The average molecular weight is 322 g/mol. The fourth-order valence-corrected chi connectivity index (χ4v) is 2.38. The van der Waals surface area contributed by atoms with E-state index in [0.29, 0.717) is 5.69 Å². The van der Waals surface area contributed by atoms with Crippen LogP contribution in [0.5, 0.6) is 0 Å². The van der Waals surface area contributed by atoms with Gasteiger partial charge < -0.3 is 5.32 Å². The molecule has 0 unspecified atom stereocenters. The molecule has 0 saturated carbocycles. The van der Waals surface area contributed by atoms with Gasteiger partial charge in [0, 0.05) is 12.7 Å². The average Bonchev–Trinajstić information content (AvgIpc) is 2.67. The van der Waals surface area contributed by atoms with Gasteiger partial charge in [-0.1, -0.05) is 25.1 Å². The van der Waals surface area contributed by atoms with Crippen LogP contribution < -0.4 is 5.32 Å². The quantitative estimate of drug-likeness (QED) is 0.942. The number of anilines is 1. The highest BCUT2D eigenvalue weighted by molar-refractivity contribution is 9.10. The molecule has 0 bridgehead atoms. The molecule has 1 aromatic heterocycles. The van der Waals surface area contributed by atoms with E-state index in [0.717, 1.165) is 27.8 Å². The van der Waals surface area contributed by atoms with Crippen LogP contribution in [0.25, 0.3) is 0 Å². The van der Waals surface area contributed by atoms with Crippen LogP contribution in [0.4, 0.5) is 5.69 Å². The number of halogens is 1. The number of nitrogens with zero attached hydrogens (tertiary/aromatic N) is 2. The number of amides is 1. The third kappa shape index (κ3) is 2.71. The van der Waals surface area contributed by atoms with E-state index >= 15 is 0 Å². The lowest BCUT2D eigenvalue weighted by atomic mass is 10.1. The zero-order valence-corrected chi connectivity index (χ0v) is 12.8. The van der Waals surface area contributed by atoms with E-state index in [1.54, 1.807) is 4.68 Å². The lowest BCUT2D eigenvalue weighted by molar-refractivity contribution is 0.102. The van der Waals surface area contributed by atoms with Gasteiger partial charge in [0.15, 0.2) is 5.69 Å². The van der Waals surface area contributed by atoms with Crippen molar-refractivity contribution in [2.24, 2.45) is 7.05 Å². The summed E-state index contributed by atoms with van der Waals surface area (Å²) in [5.74, 6) is -0.198. The van der Waals surface area contributed by atoms with Crippen LogP contribution in [-0.2, 0) is 13.5 Å². The number of hydrogen-bond donors (Lipinski definition) is 1. The van der Waals surface area contributed by atoms with Crippen molar-refractivity contribution in [1.82, 2.24) is 9.78 Å². The van der Waals surface area contributed by atoms with Crippen molar-refractivity contribution in [2.45, 2.75) is 20.3 Å². The summed E-state index contributed by atoms with van der Waals surface area (Å²) in [5, 5.41) is 7.13. The van der Waals surface area contributed by atoms with E-state index in [1.165, 1.54) is 0 Å². The first-order chi connectivity index (χ1) is 9.04. The number of carbonyl (C=O) groups excluding carboxylic acids is 1. The van der Waals surface area contributed by atoms with Crippen molar-refractivity contribution in [3.63, 3.8) is 0 Å². The van der Waals surface area contributed by atoms with Gasteiger partial charge in [-0.15, -0.1) is 0 Å². The molecule has 0 spiro atoms. The van der Waals surface area contributed by atoms with Crippen LogP contribution in [0.15, 0.2) is 28.7 Å². The van der Waals surface area contributed by atoms with Gasteiger partial charge >= 0.3 is 0 Å². The molecule has 0 atom stereocenters. The molecule has 0 aliphatic heterocycles. The third-order valence-corrected chi connectivity index (χ3v) is 4.07. The molecule has 0 fully saturated rings. The van der Waals surface area contributed by atoms with Crippen LogP contribution in [-0.4, -0.2) is 15.7 Å². The normalized spacial score (nSPS) is 10.5. The summed E-state index contributed by atoms with van der Waals surface area (Å²) in [6.07, 6.45) is 0.874. The fraction of sp³-hybridized carbons (Fsp3) is 0.286. The first-order valence-corrected chi connectivity index (χ1v) is 6.92. The van der Waals surface area contributed by atoms with Crippen molar-refractivity contribution in [3.05, 3.63) is 45.7 Å². The lowest BCUT2D eigenvalue weighted by Crippen LogP contribution is -2.14. The van der Waals surface area contributed by atoms with Crippen molar-refractivity contribution in [1.29, 1.82) is 0 Å². The van der Waals surface area contributed by atoms with E-state index in [4.69, 9.17) is 0 Å². The predicted octanol–water partition coefficient (Wildman–Crippen LogP) is 3.31. The summed E-state index contributed by atoms with van der Waals surface area (Å²) < 4.78 is 2.42. The molecular weight excluding hydrogens is 306 g/mol. The molecule has 2 aromatic rings. The topological polar surface area (TPSA) is 46.9 Å². The Labute approximate surface area is 120 Å². The van der Waals surface area contributed by atoms with Crippen LogP contribution in [0.2, 0.25) is 0 Å². The molecule has 1 heterocycles. The summed E-state index contributed by atoms with van der Waals surface area (Å²) in [6.45, 7) is 3.97. The smallest absolute Gasteiger partial charge is 0.277 e. The molecule has 2 rings (SSSR count). The van der Waals surface area contributed by atoms with Gasteiger partial charge in [0.2, 0.25) is 0 Å². The molecule has 0 aliphatic carbocycles. The summed E-state index contributed by atoms with van der Waals surface area (Å²) in [5.41, 5.74) is 3.28. The maximum Gasteiger partial charge on any atom is 0.277 e. The standard InChI is InChI=1S/C14H16BrN3O/c1-4-10-7-5-6-8-11(10)16-14(19)13-12(15)9(2)18(3)17-13/h5-8H,4H2,1-3H3,(H,16,19). The van der Waals surface area contributed by atoms with Gasteiger partial charge in [-0.2, -0.15) is 5.10 Å². The number of rotatable bonds is 3. The Kier molecular flexibility index (Phi) is 4.04. The molecule has 1 aromatic carbocycles. The summed E-state index contributed by atoms with van der Waals surface area (Å²) in [6, 6.07) is 7.79. The number of aromatic nitrogens is 2. The molecule has 1 N–H and O–H groups in total. The number of hydrogen-bond acceptors (Lipinski definition) is 2. The fourth-order valence-electron chi connectivity index (χ4n) is 1.86. The van der Waals surface area contributed by atoms with Gasteiger partial charge in [-0.3, -0.25) is 9.48 Å². The Morgan fingerprint density at radius 2 is 2.11 bits per heavy atom. The molecule has 0 aliphatic rings. The van der Waals surface area contributed by atoms with Crippen molar-refractivity contribution in [2.75, 3.05) is 5.32 Å². The molecule has 0 radical (unpaired) electrons. The number of carbonyl (C=O) groups is 1. The second-order valence-electron chi connectivity index (χ2n) is 4.34. The van der Waals surface area contributed by atoms with Crippen LogP contribution in [0, 0.1) is 6.92 Å². The molecule has 19 heavy (non-hydrogen) atoms. The monoisotopic (exact) mass is 321 g/mol. The molecule has 4 nitrogen and oxygen atoms in total. The summed E-state index contributed by atoms with van der Waals surface area (Å²) in [7, 11) is 1.82. The minimum absolute atomic E-state index is 0.198. The van der Waals surface area contributed by atoms with Crippen molar-refractivity contribution < 1.29 is 4.79 Å². The highest BCUT2D eigenvalue weighted by atomic mass is 79.9. The Balaban J connectivity index is 2.28. The second-order valence-corrected chi connectivity index (χ2v) is 5.13. The molecule has 100 valence electrons. The van der Waals surface area contributed by atoms with Gasteiger partial charge in [-0.25, -0.2) is 0 Å². The third-order valence-electron chi connectivity index (χ3n) is 3.12. The van der Waals surface area contributed by atoms with Crippen LogP contribution in [0.1, 0.15) is 28.7 Å². The van der Waals surface area contributed by atoms with E-state index in [9.17, 15) is 4.79 Å². The highest BCUT2D eigenvalue weighted by Crippen LogP contribution is 2.22. The first-order valence-electron chi connectivity index (χ1n) is 6.13. The van der Waals surface area contributed by atoms with Gasteiger partial charge in [0.25, 0.3) is 5.91 Å². The summed E-state index contributed by atoms with van der Waals surface area (Å²) >= 11 is 3.41. The first kappa shape index (κ1) is 13.8. The van der Waals surface area contributed by atoms with E-state index < -0.39 is 0 Å². The number of para-hydroxylation sites is 1. The Hall–Kier alpha value is -1.62. The maximum absolute atomic E-state index is 12.3. The number of nitrogens with one attached hydrogen (secondary N) is 1.